The summed E-state index contributed by atoms with van der Waals surface area (Å²) >= 11 is -1.83. The number of hydrogen-bond acceptors (Lipinski definition) is 5. The van der Waals surface area contributed by atoms with E-state index >= 15 is 0 Å². The fraction of sp³-hybridized carbons (Fsp3) is 0.0833. The Labute approximate surface area is 186 Å². The summed E-state index contributed by atoms with van der Waals surface area (Å²) in [5, 5.41) is 0. The summed E-state index contributed by atoms with van der Waals surface area (Å²) in [6.07, 6.45) is 3.43. The van der Waals surface area contributed by atoms with Crippen molar-refractivity contribution in [2.24, 2.45) is 0 Å². The first kappa shape index (κ1) is 21.6. The van der Waals surface area contributed by atoms with Gasteiger partial charge in [-0.2, -0.15) is 0 Å². The molecular formula is C24H16F2N2O3S. The molecule has 1 aromatic heterocycles. The van der Waals surface area contributed by atoms with Crippen molar-refractivity contribution in [3.63, 3.8) is 0 Å². The maximum atomic E-state index is 13.5. The number of hydrogen-bond donors (Lipinski definition) is 1. The molecule has 1 aliphatic heterocycles. The summed E-state index contributed by atoms with van der Waals surface area (Å²) in [7, 11) is 1.54. The molecule has 0 aliphatic carbocycles. The Morgan fingerprint density at radius 2 is 2.00 bits per heavy atom. The lowest BCUT2D eigenvalue weighted by molar-refractivity contribution is 0.104. The number of nitrogens with zero attached hydrogens (tertiary/aromatic N) is 1. The zero-order valence-electron chi connectivity index (χ0n) is 16.8. The molecule has 32 heavy (non-hydrogen) atoms. The molecule has 2 aromatic carbocycles. The van der Waals surface area contributed by atoms with E-state index in [2.05, 4.69) is 21.5 Å². The van der Waals surface area contributed by atoms with E-state index in [1.165, 1.54) is 12.1 Å². The largest absolute Gasteiger partial charge is 0.588 e. The van der Waals surface area contributed by atoms with Gasteiger partial charge in [-0.05, 0) is 41.5 Å². The van der Waals surface area contributed by atoms with Gasteiger partial charge in [0.15, 0.2) is 11.6 Å². The minimum atomic E-state index is -1.83. The Kier molecular flexibility index (Phi) is 6.21. The van der Waals surface area contributed by atoms with Crippen molar-refractivity contribution >= 4 is 28.9 Å². The molecule has 4 rings (SSSR count). The van der Waals surface area contributed by atoms with Gasteiger partial charge in [-0.3, -0.25) is 4.79 Å². The van der Waals surface area contributed by atoms with E-state index in [1.807, 2.05) is 6.07 Å². The van der Waals surface area contributed by atoms with Gasteiger partial charge in [0, 0.05) is 30.3 Å². The molecule has 1 unspecified atom stereocenters. The molecule has 0 bridgehead atoms. The SMILES string of the molecule is COc1ccc(CC#Cc2ccc3c(c2)C(=O)/C(=C\c2ccc(F)c(F)c2)[S+]([O-])N3)cn1. The van der Waals surface area contributed by atoms with E-state index in [0.717, 1.165) is 17.7 Å². The molecule has 0 spiro atoms. The molecular weight excluding hydrogens is 434 g/mol. The maximum Gasteiger partial charge on any atom is 0.245 e. The zero-order valence-corrected chi connectivity index (χ0v) is 17.6. The second kappa shape index (κ2) is 9.22. The van der Waals surface area contributed by atoms with Crippen LogP contribution in [0.5, 0.6) is 5.88 Å². The van der Waals surface area contributed by atoms with Gasteiger partial charge in [-0.1, -0.05) is 24.0 Å². The highest BCUT2D eigenvalue weighted by molar-refractivity contribution is 7.97. The first-order valence-electron chi connectivity index (χ1n) is 9.46. The summed E-state index contributed by atoms with van der Waals surface area (Å²) in [6, 6.07) is 11.8. The van der Waals surface area contributed by atoms with Crippen LogP contribution in [0, 0.1) is 23.5 Å². The Bertz CT molecular complexity index is 1280. The van der Waals surface area contributed by atoms with Crippen LogP contribution in [0.3, 0.4) is 0 Å². The molecule has 1 aliphatic rings. The van der Waals surface area contributed by atoms with Crippen LogP contribution in [-0.2, 0) is 17.8 Å². The van der Waals surface area contributed by atoms with Crippen LogP contribution in [0.25, 0.3) is 6.08 Å². The van der Waals surface area contributed by atoms with Gasteiger partial charge in [-0.15, -0.1) is 0 Å². The summed E-state index contributed by atoms with van der Waals surface area (Å²) in [4.78, 5) is 17.0. The van der Waals surface area contributed by atoms with Crippen LogP contribution in [0.1, 0.15) is 27.0 Å². The van der Waals surface area contributed by atoms with Crippen molar-refractivity contribution in [3.8, 4) is 17.7 Å². The number of nitrogens with one attached hydrogen (secondary N) is 1. The van der Waals surface area contributed by atoms with Gasteiger partial charge < -0.3 is 9.29 Å². The van der Waals surface area contributed by atoms with Gasteiger partial charge in [0.1, 0.15) is 11.4 Å². The average molecular weight is 450 g/mol. The van der Waals surface area contributed by atoms with Crippen molar-refractivity contribution in [1.29, 1.82) is 0 Å². The van der Waals surface area contributed by atoms with Crippen LogP contribution in [0.15, 0.2) is 59.6 Å². The van der Waals surface area contributed by atoms with Crippen molar-refractivity contribution in [3.05, 3.63) is 93.5 Å². The number of carbonyl (C=O) groups is 1. The highest BCUT2D eigenvalue weighted by Gasteiger charge is 2.33. The maximum absolute atomic E-state index is 13.5. The third kappa shape index (κ3) is 4.64. The van der Waals surface area contributed by atoms with Crippen LogP contribution in [0.4, 0.5) is 14.5 Å². The summed E-state index contributed by atoms with van der Waals surface area (Å²) < 4.78 is 46.9. The van der Waals surface area contributed by atoms with Crippen LogP contribution in [0.2, 0.25) is 0 Å². The third-order valence-electron chi connectivity index (χ3n) is 4.66. The molecule has 1 atom stereocenters. The van der Waals surface area contributed by atoms with Crippen LogP contribution < -0.4 is 9.46 Å². The first-order chi connectivity index (χ1) is 15.4. The third-order valence-corrected chi connectivity index (χ3v) is 5.77. The molecule has 3 aromatic rings. The summed E-state index contributed by atoms with van der Waals surface area (Å²) in [6.45, 7) is 0. The predicted octanol–water partition coefficient (Wildman–Crippen LogP) is 4.28. The Hall–Kier alpha value is -3.67. The highest BCUT2D eigenvalue weighted by atomic mass is 32.2. The van der Waals surface area contributed by atoms with Crippen molar-refractivity contribution < 1.29 is 22.9 Å². The first-order valence-corrected chi connectivity index (χ1v) is 10.6. The van der Waals surface area contributed by atoms with Gasteiger partial charge in [-0.25, -0.2) is 18.5 Å². The highest BCUT2D eigenvalue weighted by Crippen LogP contribution is 2.31. The number of carbonyl (C=O) groups excluding carboxylic acids is 1. The van der Waals surface area contributed by atoms with Gasteiger partial charge in [0.05, 0.1) is 18.4 Å². The second-order valence-corrected chi connectivity index (χ2v) is 8.01. The number of ether oxygens (including phenoxy) is 1. The fourth-order valence-corrected chi connectivity index (χ4v) is 4.04. The van der Waals surface area contributed by atoms with E-state index in [-0.39, 0.29) is 10.5 Å². The number of fused-ring (bicyclic) bond motifs is 1. The number of aromatic nitrogens is 1. The molecule has 8 heteroatoms. The van der Waals surface area contributed by atoms with E-state index in [4.69, 9.17) is 4.74 Å². The quantitative estimate of drug-likeness (QED) is 0.366. The van der Waals surface area contributed by atoms with Crippen LogP contribution in [-0.4, -0.2) is 22.4 Å². The minimum Gasteiger partial charge on any atom is -0.588 e. The zero-order chi connectivity index (χ0) is 22.7. The molecule has 5 nitrogen and oxygen atoms in total. The number of pyridine rings is 1. The van der Waals surface area contributed by atoms with Crippen molar-refractivity contribution in [2.75, 3.05) is 11.8 Å². The Morgan fingerprint density at radius 3 is 2.72 bits per heavy atom. The van der Waals surface area contributed by atoms with Gasteiger partial charge in [0.2, 0.25) is 16.6 Å². The molecule has 0 amide bonds. The molecule has 0 radical (unpaired) electrons. The van der Waals surface area contributed by atoms with Crippen molar-refractivity contribution in [1.82, 2.24) is 4.98 Å². The van der Waals surface area contributed by atoms with E-state index in [1.54, 1.807) is 37.6 Å². The Morgan fingerprint density at radius 1 is 1.16 bits per heavy atom. The Balaban J connectivity index is 1.57. The lowest BCUT2D eigenvalue weighted by atomic mass is 10.0. The average Bonchev–Trinajstić information content (AvgIpc) is 2.80. The topological polar surface area (TPSA) is 74.3 Å². The minimum absolute atomic E-state index is 0.0575. The van der Waals surface area contributed by atoms with E-state index in [9.17, 15) is 18.1 Å². The molecule has 1 N–H and O–H groups in total. The van der Waals surface area contributed by atoms with E-state index in [0.29, 0.717) is 29.1 Å². The molecule has 160 valence electrons. The van der Waals surface area contributed by atoms with Crippen molar-refractivity contribution in [2.45, 2.75) is 6.42 Å². The molecule has 0 fully saturated rings. The smallest absolute Gasteiger partial charge is 0.245 e. The summed E-state index contributed by atoms with van der Waals surface area (Å²) in [5.74, 6) is 4.04. The number of halogens is 2. The monoisotopic (exact) mass is 450 g/mol. The number of anilines is 1. The lowest BCUT2D eigenvalue weighted by Gasteiger charge is -2.21. The lowest BCUT2D eigenvalue weighted by Crippen LogP contribution is -2.27. The van der Waals surface area contributed by atoms with Crippen LogP contribution >= 0.6 is 0 Å². The summed E-state index contributed by atoms with van der Waals surface area (Å²) in [5.41, 5.74) is 2.48. The molecule has 0 saturated heterocycles. The number of methoxy groups -OCH3 is 1. The number of ketones is 1. The van der Waals surface area contributed by atoms with E-state index < -0.39 is 28.8 Å². The van der Waals surface area contributed by atoms with Gasteiger partial charge in [0.25, 0.3) is 0 Å². The number of benzene rings is 2. The molecule has 0 saturated carbocycles. The standard InChI is InChI=1S/C24H16F2N2O3S/c1-31-23-10-7-16(14-27-23)4-2-3-15-6-9-21-18(11-15)24(29)22(32(30)28-21)13-17-5-8-19(25)20(26)12-17/h5-14,28H,4H2,1H3/b22-13+. The number of allylic oxidation sites excluding steroid dienone is 1. The number of Topliss-reactive ketones (excluding diaryl/α,β-unsaturated/α-hetero) is 1. The number of rotatable bonds is 3. The normalized spacial score (nSPS) is 16.1. The van der Waals surface area contributed by atoms with Gasteiger partial charge >= 0.3 is 0 Å². The predicted molar refractivity (Wildman–Crippen MR) is 118 cm³/mol. The fourth-order valence-electron chi connectivity index (χ4n) is 3.03. The molecule has 2 heterocycles. The second-order valence-electron chi connectivity index (χ2n) is 6.83.